The van der Waals surface area contributed by atoms with Crippen molar-refractivity contribution in [2.75, 3.05) is 31.2 Å². The lowest BCUT2D eigenvalue weighted by Crippen LogP contribution is -2.53. The lowest BCUT2D eigenvalue weighted by Gasteiger charge is -2.48. The van der Waals surface area contributed by atoms with Crippen LogP contribution in [0, 0.1) is 0 Å². The summed E-state index contributed by atoms with van der Waals surface area (Å²) >= 11 is 2.07. The van der Waals surface area contributed by atoms with Crippen molar-refractivity contribution in [3.8, 4) is 0 Å². The maximum absolute atomic E-state index is 10.1. The zero-order chi connectivity index (χ0) is 13.3. The second kappa shape index (κ2) is 5.55. The highest BCUT2D eigenvalue weighted by Crippen LogP contribution is 2.39. The van der Waals surface area contributed by atoms with Crippen molar-refractivity contribution < 1.29 is 9.84 Å². The molecule has 0 aliphatic carbocycles. The van der Waals surface area contributed by atoms with Gasteiger partial charge in [-0.15, -0.1) is 0 Å². The molecule has 0 amide bonds. The van der Waals surface area contributed by atoms with Gasteiger partial charge in [-0.25, -0.2) is 0 Å². The molecule has 3 aliphatic heterocycles. The van der Waals surface area contributed by atoms with E-state index in [1.807, 2.05) is 6.92 Å². The van der Waals surface area contributed by atoms with Crippen LogP contribution in [0.15, 0.2) is 0 Å². The molecule has 3 rings (SSSR count). The number of aliphatic hydroxyl groups is 1. The average molecular weight is 285 g/mol. The number of ether oxygens (including phenoxy) is 1. The number of nitrogens with zero attached hydrogens (tertiary/aromatic N) is 1. The van der Waals surface area contributed by atoms with Crippen molar-refractivity contribution >= 4 is 11.8 Å². The van der Waals surface area contributed by atoms with Gasteiger partial charge in [-0.3, -0.25) is 4.90 Å². The highest BCUT2D eigenvalue weighted by molar-refractivity contribution is 7.99. The van der Waals surface area contributed by atoms with E-state index < -0.39 is 5.60 Å². The van der Waals surface area contributed by atoms with E-state index in [-0.39, 0.29) is 5.60 Å². The molecule has 3 aliphatic rings. The third kappa shape index (κ3) is 3.29. The fraction of sp³-hybridized carbons (Fsp3) is 1.00. The smallest absolute Gasteiger partial charge is 0.0713 e. The Labute approximate surface area is 121 Å². The van der Waals surface area contributed by atoms with Gasteiger partial charge < -0.3 is 9.84 Å². The van der Waals surface area contributed by atoms with E-state index in [9.17, 15) is 5.11 Å². The van der Waals surface area contributed by atoms with Gasteiger partial charge in [0.2, 0.25) is 0 Å². The Morgan fingerprint density at radius 3 is 2.53 bits per heavy atom. The van der Waals surface area contributed by atoms with Gasteiger partial charge in [-0.1, -0.05) is 0 Å². The Kier molecular flexibility index (Phi) is 4.14. The fourth-order valence-corrected chi connectivity index (χ4v) is 5.01. The predicted octanol–water partition coefficient (Wildman–Crippen LogP) is 2.28. The van der Waals surface area contributed by atoms with Crippen molar-refractivity contribution in [3.63, 3.8) is 0 Å². The maximum Gasteiger partial charge on any atom is 0.0713 e. The second-order valence-electron chi connectivity index (χ2n) is 6.82. The van der Waals surface area contributed by atoms with Gasteiger partial charge in [0.1, 0.15) is 0 Å². The van der Waals surface area contributed by atoms with Crippen molar-refractivity contribution in [1.29, 1.82) is 0 Å². The highest BCUT2D eigenvalue weighted by atomic mass is 32.2. The number of hydrogen-bond acceptors (Lipinski definition) is 4. The maximum atomic E-state index is 10.1. The largest absolute Gasteiger partial charge is 0.390 e. The van der Waals surface area contributed by atoms with Crippen LogP contribution in [0.4, 0.5) is 0 Å². The summed E-state index contributed by atoms with van der Waals surface area (Å²) < 4.78 is 6.18. The van der Waals surface area contributed by atoms with Crippen LogP contribution in [0.1, 0.15) is 45.4 Å². The Hall–Kier alpha value is 0.230. The average Bonchev–Trinajstić information content (AvgIpc) is 2.39. The molecule has 0 bridgehead atoms. The second-order valence-corrected chi connectivity index (χ2v) is 8.05. The molecule has 0 saturated carbocycles. The summed E-state index contributed by atoms with van der Waals surface area (Å²) in [5.41, 5.74) is -0.241. The molecular weight excluding hydrogens is 258 g/mol. The summed E-state index contributed by atoms with van der Waals surface area (Å²) in [6.45, 7) is 5.03. The molecule has 3 fully saturated rings. The molecular formula is C15H27NO2S. The van der Waals surface area contributed by atoms with Crippen LogP contribution in [-0.4, -0.2) is 58.5 Å². The lowest BCUT2D eigenvalue weighted by atomic mass is 9.83. The monoisotopic (exact) mass is 285 g/mol. The molecule has 19 heavy (non-hydrogen) atoms. The zero-order valence-corrected chi connectivity index (χ0v) is 12.9. The Morgan fingerprint density at radius 1 is 1.16 bits per heavy atom. The van der Waals surface area contributed by atoms with Gasteiger partial charge in [0, 0.05) is 25.7 Å². The summed E-state index contributed by atoms with van der Waals surface area (Å²) in [7, 11) is 0. The molecule has 1 spiro atoms. The van der Waals surface area contributed by atoms with Crippen molar-refractivity contribution in [3.05, 3.63) is 0 Å². The molecule has 0 radical (unpaired) electrons. The molecule has 4 heteroatoms. The van der Waals surface area contributed by atoms with E-state index in [1.54, 1.807) is 0 Å². The SMILES string of the molecule is CC1(O)CCN(C2CCOC3(CCSCC3)C2)CC1. The van der Waals surface area contributed by atoms with Crippen LogP contribution in [0.3, 0.4) is 0 Å². The minimum absolute atomic E-state index is 0.189. The van der Waals surface area contributed by atoms with Gasteiger partial charge in [-0.2, -0.15) is 11.8 Å². The van der Waals surface area contributed by atoms with Crippen LogP contribution in [0.5, 0.6) is 0 Å². The van der Waals surface area contributed by atoms with E-state index in [4.69, 9.17) is 4.74 Å². The van der Waals surface area contributed by atoms with Gasteiger partial charge in [0.05, 0.1) is 11.2 Å². The number of likely N-dealkylation sites (tertiary alicyclic amines) is 1. The Bertz CT molecular complexity index is 300. The Balaban J connectivity index is 1.59. The first-order valence-electron chi connectivity index (χ1n) is 7.77. The Morgan fingerprint density at radius 2 is 1.84 bits per heavy atom. The van der Waals surface area contributed by atoms with Crippen LogP contribution >= 0.6 is 11.8 Å². The number of thioether (sulfide) groups is 1. The van der Waals surface area contributed by atoms with E-state index >= 15 is 0 Å². The van der Waals surface area contributed by atoms with Crippen LogP contribution in [-0.2, 0) is 4.74 Å². The van der Waals surface area contributed by atoms with Crippen molar-refractivity contribution in [2.45, 2.75) is 62.7 Å². The number of hydrogen-bond donors (Lipinski definition) is 1. The van der Waals surface area contributed by atoms with Gasteiger partial charge in [0.15, 0.2) is 0 Å². The highest BCUT2D eigenvalue weighted by Gasteiger charge is 2.41. The zero-order valence-electron chi connectivity index (χ0n) is 12.1. The minimum Gasteiger partial charge on any atom is -0.390 e. The third-order valence-electron chi connectivity index (χ3n) is 5.26. The molecule has 3 heterocycles. The van der Waals surface area contributed by atoms with E-state index in [0.717, 1.165) is 32.5 Å². The molecule has 1 unspecified atom stereocenters. The molecule has 1 N–H and O–H groups in total. The topological polar surface area (TPSA) is 32.7 Å². The van der Waals surface area contributed by atoms with E-state index in [1.165, 1.54) is 37.2 Å². The summed E-state index contributed by atoms with van der Waals surface area (Å²) in [5, 5.41) is 10.1. The summed E-state index contributed by atoms with van der Waals surface area (Å²) in [6, 6.07) is 0.688. The van der Waals surface area contributed by atoms with Crippen LogP contribution < -0.4 is 0 Å². The van der Waals surface area contributed by atoms with Gasteiger partial charge >= 0.3 is 0 Å². The quantitative estimate of drug-likeness (QED) is 0.801. The van der Waals surface area contributed by atoms with Crippen LogP contribution in [0.25, 0.3) is 0 Å². The molecule has 1 atom stereocenters. The molecule has 0 aromatic heterocycles. The molecule has 3 saturated heterocycles. The van der Waals surface area contributed by atoms with Gasteiger partial charge in [-0.05, 0) is 57.0 Å². The van der Waals surface area contributed by atoms with E-state index in [2.05, 4.69) is 16.7 Å². The molecule has 0 aromatic carbocycles. The number of piperidine rings is 1. The van der Waals surface area contributed by atoms with E-state index in [0.29, 0.717) is 6.04 Å². The molecule has 3 nitrogen and oxygen atoms in total. The van der Waals surface area contributed by atoms with Gasteiger partial charge in [0.25, 0.3) is 0 Å². The predicted molar refractivity (Wildman–Crippen MR) is 79.7 cm³/mol. The summed E-state index contributed by atoms with van der Waals surface area (Å²) in [4.78, 5) is 2.62. The van der Waals surface area contributed by atoms with Crippen molar-refractivity contribution in [1.82, 2.24) is 4.90 Å². The third-order valence-corrected chi connectivity index (χ3v) is 6.25. The first-order valence-corrected chi connectivity index (χ1v) is 8.92. The normalized spacial score (nSPS) is 35.4. The fourth-order valence-electron chi connectivity index (χ4n) is 3.78. The lowest BCUT2D eigenvalue weighted by molar-refractivity contribution is -0.119. The summed E-state index contributed by atoms with van der Waals surface area (Å²) in [6.07, 6.45) is 6.71. The summed E-state index contributed by atoms with van der Waals surface area (Å²) in [5.74, 6) is 2.53. The first kappa shape index (κ1) is 14.2. The minimum atomic E-state index is -0.430. The van der Waals surface area contributed by atoms with Crippen molar-refractivity contribution in [2.24, 2.45) is 0 Å². The number of rotatable bonds is 1. The molecule has 110 valence electrons. The molecule has 0 aromatic rings. The first-order chi connectivity index (χ1) is 9.09. The van der Waals surface area contributed by atoms with Crippen LogP contribution in [0.2, 0.25) is 0 Å². The standard InChI is InChI=1S/C15H27NO2S/c1-14(17)3-7-16(8-4-14)13-2-9-18-15(12-13)5-10-19-11-6-15/h13,17H,2-12H2,1H3.